The summed E-state index contributed by atoms with van der Waals surface area (Å²) in [5.74, 6) is 0.558. The van der Waals surface area contributed by atoms with Gasteiger partial charge >= 0.3 is 0 Å². The second-order valence-corrected chi connectivity index (χ2v) is 9.03. The van der Waals surface area contributed by atoms with Crippen LogP contribution in [0.1, 0.15) is 34.9 Å². The summed E-state index contributed by atoms with van der Waals surface area (Å²) < 4.78 is 15.1. The Morgan fingerprint density at radius 3 is 2.53 bits per heavy atom. The molecule has 0 amide bonds. The minimum Gasteiger partial charge on any atom is -0.492 e. The molecule has 0 radical (unpaired) electrons. The van der Waals surface area contributed by atoms with Gasteiger partial charge < -0.3 is 10.0 Å². The molecule has 0 aliphatic carbocycles. The molecule has 4 aromatic rings. The van der Waals surface area contributed by atoms with Crippen molar-refractivity contribution >= 4 is 16.3 Å². The third-order valence-corrected chi connectivity index (χ3v) is 7.23. The van der Waals surface area contributed by atoms with E-state index in [0.717, 1.165) is 42.8 Å². The molecule has 2 N–H and O–H groups in total. The summed E-state index contributed by atoms with van der Waals surface area (Å²) in [5.41, 5.74) is 2.40. The van der Waals surface area contributed by atoms with Crippen LogP contribution in [0, 0.1) is 11.7 Å². The molecule has 5 rings (SSSR count). The molecule has 0 spiro atoms. The molecular formula is C23H24FN4OS+. The maximum atomic E-state index is 13.6. The van der Waals surface area contributed by atoms with Crippen molar-refractivity contribution in [2.24, 2.45) is 5.92 Å². The van der Waals surface area contributed by atoms with Crippen LogP contribution in [0.3, 0.4) is 0 Å². The van der Waals surface area contributed by atoms with E-state index < -0.39 is 0 Å². The summed E-state index contributed by atoms with van der Waals surface area (Å²) in [7, 11) is 0. The number of hydrogen-bond donors (Lipinski definition) is 2. The number of rotatable bonds is 5. The predicted octanol–water partition coefficient (Wildman–Crippen LogP) is 3.26. The fourth-order valence-electron chi connectivity index (χ4n) is 4.60. The minimum absolute atomic E-state index is 0.0585. The second kappa shape index (κ2) is 8.16. The average Bonchev–Trinajstić information content (AvgIpc) is 3.35. The monoisotopic (exact) mass is 423 g/mol. The standard InChI is InChI=1S/C23H23FN4OS/c24-19-8-6-18(7-9-19)20(21-22(29)28-23(30-21)25-15-26-28)27-12-10-17(11-13-27)14-16-4-2-1-3-5-16/h1-9,15,17,20,29H,10-14H2/p+1/t20-/m1/s1. The van der Waals surface area contributed by atoms with Crippen molar-refractivity contribution in [2.75, 3.05) is 13.1 Å². The highest BCUT2D eigenvalue weighted by Crippen LogP contribution is 2.35. The lowest BCUT2D eigenvalue weighted by Gasteiger charge is -2.34. The molecule has 5 nitrogen and oxygen atoms in total. The maximum absolute atomic E-state index is 13.6. The van der Waals surface area contributed by atoms with E-state index in [9.17, 15) is 9.50 Å². The molecule has 3 heterocycles. The molecule has 1 aliphatic heterocycles. The van der Waals surface area contributed by atoms with Crippen molar-refractivity contribution < 1.29 is 14.4 Å². The van der Waals surface area contributed by atoms with Gasteiger partial charge in [0.05, 0.1) is 13.1 Å². The number of piperidine rings is 1. The maximum Gasteiger partial charge on any atom is 0.235 e. The first-order chi connectivity index (χ1) is 14.7. The van der Waals surface area contributed by atoms with Gasteiger partial charge in [-0.15, -0.1) is 0 Å². The number of benzene rings is 2. The highest BCUT2D eigenvalue weighted by Gasteiger charge is 2.35. The van der Waals surface area contributed by atoms with Gasteiger partial charge in [-0.2, -0.15) is 9.61 Å². The van der Waals surface area contributed by atoms with Crippen LogP contribution in [0.25, 0.3) is 4.96 Å². The van der Waals surface area contributed by atoms with Crippen LogP contribution in [0.5, 0.6) is 5.88 Å². The zero-order chi connectivity index (χ0) is 20.5. The largest absolute Gasteiger partial charge is 0.492 e. The molecule has 0 saturated carbocycles. The van der Waals surface area contributed by atoms with Crippen molar-refractivity contribution in [3.63, 3.8) is 0 Å². The quantitative estimate of drug-likeness (QED) is 0.518. The Bertz CT molecular complexity index is 1120. The Labute approximate surface area is 178 Å². The van der Waals surface area contributed by atoms with Gasteiger partial charge in [-0.1, -0.05) is 41.7 Å². The highest BCUT2D eigenvalue weighted by atomic mass is 32.1. The molecule has 2 aromatic carbocycles. The van der Waals surface area contributed by atoms with E-state index in [-0.39, 0.29) is 17.7 Å². The van der Waals surface area contributed by atoms with E-state index in [1.54, 1.807) is 0 Å². The summed E-state index contributed by atoms with van der Waals surface area (Å²) in [5, 5.41) is 15.0. The van der Waals surface area contributed by atoms with Gasteiger partial charge in [0.2, 0.25) is 10.8 Å². The van der Waals surface area contributed by atoms with Crippen molar-refractivity contribution in [1.82, 2.24) is 14.6 Å². The first kappa shape index (κ1) is 19.2. The molecular weight excluding hydrogens is 399 g/mol. The first-order valence-electron chi connectivity index (χ1n) is 10.3. The number of fused-ring (bicyclic) bond motifs is 1. The number of thiazole rings is 1. The van der Waals surface area contributed by atoms with E-state index in [1.807, 2.05) is 12.1 Å². The van der Waals surface area contributed by atoms with Crippen LogP contribution in [0.2, 0.25) is 0 Å². The number of nitrogens with zero attached hydrogens (tertiary/aromatic N) is 3. The molecule has 1 fully saturated rings. The van der Waals surface area contributed by atoms with Gasteiger partial charge in [-0.25, -0.2) is 9.37 Å². The molecule has 1 saturated heterocycles. The van der Waals surface area contributed by atoms with E-state index in [2.05, 4.69) is 40.4 Å². The van der Waals surface area contributed by atoms with Crippen molar-refractivity contribution in [1.29, 1.82) is 0 Å². The molecule has 1 aliphatic rings. The Hall–Kier alpha value is -2.77. The average molecular weight is 424 g/mol. The fourth-order valence-corrected chi connectivity index (χ4v) is 5.71. The third kappa shape index (κ3) is 3.70. The Kier molecular flexibility index (Phi) is 5.23. The van der Waals surface area contributed by atoms with Gasteiger partial charge in [-0.3, -0.25) is 0 Å². The van der Waals surface area contributed by atoms with E-state index in [1.165, 1.54) is 44.8 Å². The predicted molar refractivity (Wildman–Crippen MR) is 114 cm³/mol. The van der Waals surface area contributed by atoms with Crippen molar-refractivity contribution in [2.45, 2.75) is 25.3 Å². The molecule has 2 aromatic heterocycles. The summed E-state index contributed by atoms with van der Waals surface area (Å²) >= 11 is 1.46. The Morgan fingerprint density at radius 2 is 1.83 bits per heavy atom. The third-order valence-electron chi connectivity index (χ3n) is 6.13. The van der Waals surface area contributed by atoms with E-state index in [0.29, 0.717) is 10.9 Å². The lowest BCUT2D eigenvalue weighted by molar-refractivity contribution is -0.931. The van der Waals surface area contributed by atoms with Crippen LogP contribution < -0.4 is 4.90 Å². The molecule has 154 valence electrons. The fraction of sp³-hybridized carbons (Fsp3) is 0.304. The van der Waals surface area contributed by atoms with Crippen LogP contribution in [0.4, 0.5) is 4.39 Å². The van der Waals surface area contributed by atoms with Crippen molar-refractivity contribution in [3.05, 3.63) is 82.7 Å². The second-order valence-electron chi connectivity index (χ2n) is 8.02. The summed E-state index contributed by atoms with van der Waals surface area (Å²) in [6.07, 6.45) is 4.81. The number of quaternary nitrogens is 1. The zero-order valence-corrected chi connectivity index (χ0v) is 17.4. The SMILES string of the molecule is Oc1c([C@@H](c2ccc(F)cc2)[NH+]2CCC(Cc3ccccc3)CC2)sc2ncnn12. The van der Waals surface area contributed by atoms with Crippen LogP contribution in [-0.2, 0) is 6.42 Å². The Morgan fingerprint density at radius 1 is 1.10 bits per heavy atom. The molecule has 7 heteroatoms. The number of aromatic hydroxyl groups is 1. The van der Waals surface area contributed by atoms with Gasteiger partial charge in [0, 0.05) is 5.56 Å². The molecule has 30 heavy (non-hydrogen) atoms. The van der Waals surface area contributed by atoms with Gasteiger partial charge in [0.25, 0.3) is 0 Å². The lowest BCUT2D eigenvalue weighted by atomic mass is 9.89. The van der Waals surface area contributed by atoms with Gasteiger partial charge in [0.15, 0.2) is 6.04 Å². The highest BCUT2D eigenvalue weighted by molar-refractivity contribution is 7.17. The van der Waals surface area contributed by atoms with E-state index in [4.69, 9.17) is 0 Å². The number of likely N-dealkylation sites (tertiary alicyclic amines) is 1. The van der Waals surface area contributed by atoms with Gasteiger partial charge in [0.1, 0.15) is 17.0 Å². The van der Waals surface area contributed by atoms with Crippen molar-refractivity contribution in [3.8, 4) is 5.88 Å². The topological polar surface area (TPSA) is 54.9 Å². The van der Waals surface area contributed by atoms with Crippen LogP contribution in [0.15, 0.2) is 60.9 Å². The number of aromatic nitrogens is 3. The summed E-state index contributed by atoms with van der Waals surface area (Å²) in [6, 6.07) is 17.3. The summed E-state index contributed by atoms with van der Waals surface area (Å²) in [4.78, 5) is 7.15. The first-order valence-corrected chi connectivity index (χ1v) is 11.2. The molecule has 1 atom stereocenters. The Balaban J connectivity index is 1.40. The molecule has 0 bridgehead atoms. The number of halogens is 1. The minimum atomic E-state index is -0.249. The molecule has 0 unspecified atom stereocenters. The summed E-state index contributed by atoms with van der Waals surface area (Å²) in [6.45, 7) is 2.01. The smallest absolute Gasteiger partial charge is 0.235 e. The van der Waals surface area contributed by atoms with E-state index >= 15 is 0 Å². The number of nitrogens with one attached hydrogen (secondary N) is 1. The van der Waals surface area contributed by atoms with Crippen LogP contribution in [-0.4, -0.2) is 32.8 Å². The number of hydrogen-bond acceptors (Lipinski definition) is 4. The zero-order valence-electron chi connectivity index (χ0n) is 16.5. The van der Waals surface area contributed by atoms with Gasteiger partial charge in [-0.05, 0) is 55.0 Å². The normalized spacial score (nSPS) is 20.4. The lowest BCUT2D eigenvalue weighted by Crippen LogP contribution is -3.13. The van der Waals surface area contributed by atoms with Crippen LogP contribution >= 0.6 is 11.3 Å².